The van der Waals surface area contributed by atoms with Gasteiger partial charge in [0.15, 0.2) is 5.78 Å². The summed E-state index contributed by atoms with van der Waals surface area (Å²) in [6.07, 6.45) is 11.9. The number of imidazole rings is 1. The zero-order chi connectivity index (χ0) is 11.4. The highest BCUT2D eigenvalue weighted by atomic mass is 16.1. The fourth-order valence-corrected chi connectivity index (χ4v) is 2.15. The maximum absolute atomic E-state index is 11.8. The molecule has 1 aliphatic carbocycles. The van der Waals surface area contributed by atoms with Crippen LogP contribution in [0, 0.1) is 0 Å². The maximum Gasteiger partial charge on any atom is 0.163 e. The van der Waals surface area contributed by atoms with Crippen molar-refractivity contribution >= 4 is 5.78 Å². The molecule has 0 radical (unpaired) electrons. The quantitative estimate of drug-likeness (QED) is 0.730. The van der Waals surface area contributed by atoms with Gasteiger partial charge in [-0.15, -0.1) is 0 Å². The molecule has 2 rings (SSSR count). The number of allylic oxidation sites excluding steroid dienone is 2. The van der Waals surface area contributed by atoms with E-state index in [-0.39, 0.29) is 5.78 Å². The van der Waals surface area contributed by atoms with E-state index >= 15 is 0 Å². The average molecular weight is 218 g/mol. The van der Waals surface area contributed by atoms with E-state index in [2.05, 4.69) is 4.98 Å². The third-order valence-electron chi connectivity index (χ3n) is 3.11. The minimum absolute atomic E-state index is 0.186. The largest absolute Gasteiger partial charge is 0.338 e. The summed E-state index contributed by atoms with van der Waals surface area (Å²) in [7, 11) is 1.92. The molecule has 0 atom stereocenters. The summed E-state index contributed by atoms with van der Waals surface area (Å²) in [5, 5.41) is 0. The molecule has 0 N–H and O–H groups in total. The third kappa shape index (κ3) is 2.81. The number of hydrogen-bond donors (Lipinski definition) is 0. The topological polar surface area (TPSA) is 34.9 Å². The van der Waals surface area contributed by atoms with Crippen molar-refractivity contribution in [2.24, 2.45) is 7.05 Å². The Morgan fingerprint density at radius 2 is 2.19 bits per heavy atom. The lowest BCUT2D eigenvalue weighted by Crippen LogP contribution is -2.07. The fourth-order valence-electron chi connectivity index (χ4n) is 2.15. The molecular weight excluding hydrogens is 200 g/mol. The number of nitrogens with zero attached hydrogens (tertiary/aromatic N) is 2. The Morgan fingerprint density at radius 1 is 1.44 bits per heavy atom. The van der Waals surface area contributed by atoms with Gasteiger partial charge in [-0.3, -0.25) is 4.79 Å². The highest BCUT2D eigenvalue weighted by molar-refractivity contribution is 5.91. The smallest absolute Gasteiger partial charge is 0.163 e. The molecule has 1 fully saturated rings. The van der Waals surface area contributed by atoms with Crippen LogP contribution in [0.25, 0.3) is 0 Å². The van der Waals surface area contributed by atoms with Gasteiger partial charge in [-0.1, -0.05) is 12.0 Å². The molecule has 3 heteroatoms. The van der Waals surface area contributed by atoms with E-state index < -0.39 is 0 Å². The number of ketones is 1. The average Bonchev–Trinajstić information content (AvgIpc) is 2.66. The summed E-state index contributed by atoms with van der Waals surface area (Å²) >= 11 is 0. The van der Waals surface area contributed by atoms with E-state index in [0.717, 1.165) is 18.7 Å². The molecule has 0 aliphatic heterocycles. The molecule has 16 heavy (non-hydrogen) atoms. The zero-order valence-electron chi connectivity index (χ0n) is 9.78. The van der Waals surface area contributed by atoms with E-state index in [4.69, 9.17) is 0 Å². The van der Waals surface area contributed by atoms with Crippen LogP contribution in [0.5, 0.6) is 0 Å². The van der Waals surface area contributed by atoms with Crippen molar-refractivity contribution in [3.63, 3.8) is 0 Å². The second-order valence-corrected chi connectivity index (χ2v) is 4.46. The van der Waals surface area contributed by atoms with Gasteiger partial charge < -0.3 is 4.57 Å². The molecule has 0 bridgehead atoms. The van der Waals surface area contributed by atoms with Crippen LogP contribution < -0.4 is 0 Å². The molecule has 1 heterocycles. The first-order chi connectivity index (χ1) is 7.75. The summed E-state index contributed by atoms with van der Waals surface area (Å²) in [5.74, 6) is 1.03. The van der Waals surface area contributed by atoms with Gasteiger partial charge in [0.1, 0.15) is 5.82 Å². The monoisotopic (exact) mass is 218 g/mol. The summed E-state index contributed by atoms with van der Waals surface area (Å²) in [5.41, 5.74) is 1.32. The van der Waals surface area contributed by atoms with Crippen molar-refractivity contribution in [3.8, 4) is 0 Å². The molecule has 0 spiro atoms. The zero-order valence-corrected chi connectivity index (χ0v) is 9.78. The van der Waals surface area contributed by atoms with Crippen LogP contribution in [-0.4, -0.2) is 15.3 Å². The Bertz CT molecular complexity index is 396. The number of carbonyl (C=O) groups is 1. The first kappa shape index (κ1) is 11.1. The van der Waals surface area contributed by atoms with Crippen molar-refractivity contribution in [2.75, 3.05) is 0 Å². The lowest BCUT2D eigenvalue weighted by molar-refractivity contribution is -0.114. The first-order valence-corrected chi connectivity index (χ1v) is 5.94. The molecule has 1 aromatic heterocycles. The van der Waals surface area contributed by atoms with Gasteiger partial charge >= 0.3 is 0 Å². The van der Waals surface area contributed by atoms with Crippen molar-refractivity contribution < 1.29 is 4.79 Å². The highest BCUT2D eigenvalue weighted by Gasteiger charge is 2.09. The minimum Gasteiger partial charge on any atom is -0.338 e. The van der Waals surface area contributed by atoms with E-state index in [1.165, 1.54) is 24.8 Å². The Labute approximate surface area is 96.2 Å². The predicted molar refractivity (Wildman–Crippen MR) is 63.1 cm³/mol. The Kier molecular flexibility index (Phi) is 3.54. The third-order valence-corrected chi connectivity index (χ3v) is 3.11. The van der Waals surface area contributed by atoms with E-state index in [1.807, 2.05) is 23.9 Å². The first-order valence-electron chi connectivity index (χ1n) is 5.94. The number of rotatable bonds is 3. The lowest BCUT2D eigenvalue weighted by atomic mass is 9.94. The van der Waals surface area contributed by atoms with Gasteiger partial charge in [0.25, 0.3) is 0 Å². The van der Waals surface area contributed by atoms with Gasteiger partial charge in [0.05, 0.1) is 6.42 Å². The van der Waals surface area contributed by atoms with Crippen molar-refractivity contribution in [2.45, 2.75) is 38.5 Å². The molecule has 3 nitrogen and oxygen atoms in total. The molecule has 1 aliphatic rings. The summed E-state index contributed by atoms with van der Waals surface area (Å²) < 4.78 is 1.90. The van der Waals surface area contributed by atoms with Crippen LogP contribution in [-0.2, 0) is 18.3 Å². The lowest BCUT2D eigenvalue weighted by Gasteiger charge is -2.12. The maximum atomic E-state index is 11.8. The molecule has 0 aromatic carbocycles. The van der Waals surface area contributed by atoms with Gasteiger partial charge in [-0.05, 0) is 31.8 Å². The van der Waals surface area contributed by atoms with Crippen LogP contribution in [0.3, 0.4) is 0 Å². The molecule has 1 aromatic rings. The molecule has 0 amide bonds. The van der Waals surface area contributed by atoms with Crippen molar-refractivity contribution in [1.29, 1.82) is 0 Å². The summed E-state index contributed by atoms with van der Waals surface area (Å²) in [6.45, 7) is 0. The highest BCUT2D eigenvalue weighted by Crippen LogP contribution is 2.22. The van der Waals surface area contributed by atoms with Crippen molar-refractivity contribution in [1.82, 2.24) is 9.55 Å². The van der Waals surface area contributed by atoms with Crippen LogP contribution in [0.15, 0.2) is 24.0 Å². The SMILES string of the molecule is Cn1ccnc1CC(=O)C=C1CCCCC1. The van der Waals surface area contributed by atoms with E-state index in [9.17, 15) is 4.79 Å². The number of aromatic nitrogens is 2. The Balaban J connectivity index is 1.95. The predicted octanol–water partition coefficient (Wildman–Crippen LogP) is 2.42. The second-order valence-electron chi connectivity index (χ2n) is 4.46. The minimum atomic E-state index is 0.186. The van der Waals surface area contributed by atoms with Crippen LogP contribution in [0.1, 0.15) is 37.9 Å². The van der Waals surface area contributed by atoms with Gasteiger partial charge in [0, 0.05) is 19.4 Å². The second kappa shape index (κ2) is 5.10. The Morgan fingerprint density at radius 3 is 2.81 bits per heavy atom. The molecule has 0 unspecified atom stereocenters. The summed E-state index contributed by atoms with van der Waals surface area (Å²) in [4.78, 5) is 16.0. The van der Waals surface area contributed by atoms with Crippen LogP contribution in [0.2, 0.25) is 0 Å². The Hall–Kier alpha value is -1.38. The molecule has 86 valence electrons. The van der Waals surface area contributed by atoms with E-state index in [0.29, 0.717) is 6.42 Å². The van der Waals surface area contributed by atoms with Crippen LogP contribution in [0.4, 0.5) is 0 Å². The molecular formula is C13H18N2O. The number of aryl methyl sites for hydroxylation is 1. The van der Waals surface area contributed by atoms with Crippen molar-refractivity contribution in [3.05, 3.63) is 29.9 Å². The molecule has 1 saturated carbocycles. The standard InChI is InChI=1S/C13H18N2O/c1-15-8-7-14-13(15)10-12(16)9-11-5-3-2-4-6-11/h7-9H,2-6,10H2,1H3. The normalized spacial score (nSPS) is 16.2. The fraction of sp³-hybridized carbons (Fsp3) is 0.538. The number of carbonyl (C=O) groups excluding carboxylic acids is 1. The van der Waals surface area contributed by atoms with Gasteiger partial charge in [-0.25, -0.2) is 4.98 Å². The summed E-state index contributed by atoms with van der Waals surface area (Å²) in [6, 6.07) is 0. The van der Waals surface area contributed by atoms with Crippen LogP contribution >= 0.6 is 0 Å². The molecule has 0 saturated heterocycles. The van der Waals surface area contributed by atoms with Gasteiger partial charge in [0.2, 0.25) is 0 Å². The van der Waals surface area contributed by atoms with Gasteiger partial charge in [-0.2, -0.15) is 0 Å². The van der Waals surface area contributed by atoms with E-state index in [1.54, 1.807) is 6.20 Å². The number of hydrogen-bond acceptors (Lipinski definition) is 2.